The highest BCUT2D eigenvalue weighted by Crippen LogP contribution is 2.29. The lowest BCUT2D eigenvalue weighted by Gasteiger charge is -2.14. The van der Waals surface area contributed by atoms with E-state index in [0.29, 0.717) is 5.56 Å². The zero-order chi connectivity index (χ0) is 11.5. The molecule has 1 aromatic carbocycles. The fourth-order valence-corrected chi connectivity index (χ4v) is 1.14. The molecule has 0 saturated carbocycles. The summed E-state index contributed by atoms with van der Waals surface area (Å²) in [7, 11) is 0. The van der Waals surface area contributed by atoms with E-state index in [1.54, 1.807) is 18.2 Å². The molecule has 82 valence electrons. The van der Waals surface area contributed by atoms with E-state index in [1.165, 1.54) is 12.1 Å². The monoisotopic (exact) mass is 216 g/mol. The standard InChI is InChI=1S/C11H11F3O/c1-8(11(12,13)14)7-10(15)9-5-3-2-4-6-9/h2-6,8H,7H2,1H3/t8-/m1/s1. The van der Waals surface area contributed by atoms with Crippen molar-refractivity contribution < 1.29 is 18.0 Å². The summed E-state index contributed by atoms with van der Waals surface area (Å²) in [6.07, 6.45) is -4.79. The second-order valence-corrected chi connectivity index (χ2v) is 3.44. The van der Waals surface area contributed by atoms with Crippen LogP contribution in [0, 0.1) is 5.92 Å². The van der Waals surface area contributed by atoms with Crippen molar-refractivity contribution in [1.82, 2.24) is 0 Å². The van der Waals surface area contributed by atoms with Crippen LogP contribution < -0.4 is 0 Å². The minimum atomic E-state index is -4.30. The molecule has 0 N–H and O–H groups in total. The van der Waals surface area contributed by atoms with Crippen molar-refractivity contribution in [1.29, 1.82) is 0 Å². The number of Topliss-reactive ketones (excluding diaryl/α,β-unsaturated/α-hetero) is 1. The smallest absolute Gasteiger partial charge is 0.294 e. The molecular weight excluding hydrogens is 205 g/mol. The number of alkyl halides is 3. The molecule has 0 aliphatic carbocycles. The van der Waals surface area contributed by atoms with Crippen LogP contribution in [0.4, 0.5) is 13.2 Å². The van der Waals surface area contributed by atoms with Gasteiger partial charge >= 0.3 is 6.18 Å². The van der Waals surface area contributed by atoms with Crippen LogP contribution in [-0.2, 0) is 0 Å². The van der Waals surface area contributed by atoms with Gasteiger partial charge in [0.25, 0.3) is 0 Å². The Morgan fingerprint density at radius 3 is 2.27 bits per heavy atom. The van der Waals surface area contributed by atoms with Crippen molar-refractivity contribution in [2.45, 2.75) is 19.5 Å². The molecule has 0 aliphatic heterocycles. The van der Waals surface area contributed by atoms with Crippen molar-refractivity contribution in [3.8, 4) is 0 Å². The largest absolute Gasteiger partial charge is 0.391 e. The fourth-order valence-electron chi connectivity index (χ4n) is 1.14. The number of hydrogen-bond donors (Lipinski definition) is 0. The lowest BCUT2D eigenvalue weighted by molar-refractivity contribution is -0.168. The number of halogens is 3. The van der Waals surface area contributed by atoms with E-state index in [-0.39, 0.29) is 0 Å². The van der Waals surface area contributed by atoms with Gasteiger partial charge in [0.2, 0.25) is 0 Å². The van der Waals surface area contributed by atoms with Crippen molar-refractivity contribution in [2.75, 3.05) is 0 Å². The first-order valence-corrected chi connectivity index (χ1v) is 4.56. The number of hydrogen-bond acceptors (Lipinski definition) is 1. The maximum Gasteiger partial charge on any atom is 0.391 e. The van der Waals surface area contributed by atoms with E-state index in [9.17, 15) is 18.0 Å². The van der Waals surface area contributed by atoms with Crippen LogP contribution >= 0.6 is 0 Å². The molecule has 0 heterocycles. The summed E-state index contributed by atoms with van der Waals surface area (Å²) in [5, 5.41) is 0. The van der Waals surface area contributed by atoms with Gasteiger partial charge in [0.15, 0.2) is 5.78 Å². The van der Waals surface area contributed by atoms with Crippen LogP contribution in [0.5, 0.6) is 0 Å². The number of benzene rings is 1. The minimum Gasteiger partial charge on any atom is -0.294 e. The van der Waals surface area contributed by atoms with Crippen LogP contribution in [0.3, 0.4) is 0 Å². The summed E-state index contributed by atoms with van der Waals surface area (Å²) >= 11 is 0. The van der Waals surface area contributed by atoms with Gasteiger partial charge in [-0.2, -0.15) is 13.2 Å². The van der Waals surface area contributed by atoms with Crippen LogP contribution in [0.15, 0.2) is 30.3 Å². The lowest BCUT2D eigenvalue weighted by atomic mass is 9.99. The first-order chi connectivity index (χ1) is 6.91. The Bertz CT molecular complexity index is 329. The summed E-state index contributed by atoms with van der Waals surface area (Å²) in [5.74, 6) is -2.06. The van der Waals surface area contributed by atoms with E-state index in [1.807, 2.05) is 0 Å². The summed E-state index contributed by atoms with van der Waals surface area (Å²) in [6.45, 7) is 1.01. The van der Waals surface area contributed by atoms with Gasteiger partial charge < -0.3 is 0 Å². The second-order valence-electron chi connectivity index (χ2n) is 3.44. The molecule has 0 unspecified atom stereocenters. The minimum absolute atomic E-state index is 0.327. The first-order valence-electron chi connectivity index (χ1n) is 4.56. The highest BCUT2D eigenvalue weighted by molar-refractivity contribution is 5.96. The molecule has 0 amide bonds. The SMILES string of the molecule is C[C@H](CC(=O)c1ccccc1)C(F)(F)F. The van der Waals surface area contributed by atoms with E-state index >= 15 is 0 Å². The Labute approximate surface area is 85.9 Å². The lowest BCUT2D eigenvalue weighted by Crippen LogP contribution is -2.22. The molecule has 0 radical (unpaired) electrons. The quantitative estimate of drug-likeness (QED) is 0.707. The third kappa shape index (κ3) is 3.38. The summed E-state index contributed by atoms with van der Waals surface area (Å²) < 4.78 is 36.5. The maximum atomic E-state index is 12.2. The number of carbonyl (C=O) groups is 1. The van der Waals surface area contributed by atoms with Gasteiger partial charge in [-0.05, 0) is 0 Å². The maximum absolute atomic E-state index is 12.2. The average molecular weight is 216 g/mol. The summed E-state index contributed by atoms with van der Waals surface area (Å²) in [6, 6.07) is 8.01. The van der Waals surface area contributed by atoms with Crippen LogP contribution in [0.2, 0.25) is 0 Å². The van der Waals surface area contributed by atoms with Crippen LogP contribution in [0.25, 0.3) is 0 Å². The van der Waals surface area contributed by atoms with E-state index in [0.717, 1.165) is 6.92 Å². The van der Waals surface area contributed by atoms with Gasteiger partial charge in [-0.15, -0.1) is 0 Å². The van der Waals surface area contributed by atoms with Gasteiger partial charge in [-0.1, -0.05) is 37.3 Å². The number of carbonyl (C=O) groups excluding carboxylic acids is 1. The molecule has 0 aromatic heterocycles. The molecule has 4 heteroatoms. The molecule has 0 bridgehead atoms. The Kier molecular flexibility index (Phi) is 3.50. The first kappa shape index (κ1) is 11.8. The van der Waals surface area contributed by atoms with Gasteiger partial charge in [0, 0.05) is 12.0 Å². The van der Waals surface area contributed by atoms with E-state index in [2.05, 4.69) is 0 Å². The molecule has 0 aliphatic rings. The second kappa shape index (κ2) is 4.47. The molecule has 1 nitrogen and oxygen atoms in total. The molecule has 0 fully saturated rings. The Morgan fingerprint density at radius 1 is 1.27 bits per heavy atom. The third-order valence-electron chi connectivity index (χ3n) is 2.15. The van der Waals surface area contributed by atoms with Gasteiger partial charge in [0.05, 0.1) is 5.92 Å². The normalized spacial score (nSPS) is 13.6. The van der Waals surface area contributed by atoms with Gasteiger partial charge in [0.1, 0.15) is 0 Å². The Balaban J connectivity index is 2.65. The van der Waals surface area contributed by atoms with Gasteiger partial charge in [-0.25, -0.2) is 0 Å². The number of rotatable bonds is 3. The van der Waals surface area contributed by atoms with E-state index in [4.69, 9.17) is 0 Å². The topological polar surface area (TPSA) is 17.1 Å². The van der Waals surface area contributed by atoms with Gasteiger partial charge in [-0.3, -0.25) is 4.79 Å². The molecule has 15 heavy (non-hydrogen) atoms. The zero-order valence-corrected chi connectivity index (χ0v) is 8.21. The molecule has 1 rings (SSSR count). The zero-order valence-electron chi connectivity index (χ0n) is 8.21. The van der Waals surface area contributed by atoms with Crippen LogP contribution in [-0.4, -0.2) is 12.0 Å². The van der Waals surface area contributed by atoms with E-state index < -0.39 is 24.3 Å². The summed E-state index contributed by atoms with van der Waals surface area (Å²) in [5.41, 5.74) is 0.327. The third-order valence-corrected chi connectivity index (χ3v) is 2.15. The fraction of sp³-hybridized carbons (Fsp3) is 0.364. The predicted molar refractivity (Wildman–Crippen MR) is 50.6 cm³/mol. The Hall–Kier alpha value is -1.32. The predicted octanol–water partition coefficient (Wildman–Crippen LogP) is 3.46. The highest BCUT2D eigenvalue weighted by atomic mass is 19.4. The van der Waals surface area contributed by atoms with Crippen molar-refractivity contribution in [2.24, 2.45) is 5.92 Å². The Morgan fingerprint density at radius 2 is 1.80 bits per heavy atom. The van der Waals surface area contributed by atoms with Crippen LogP contribution in [0.1, 0.15) is 23.7 Å². The molecule has 1 aromatic rings. The van der Waals surface area contributed by atoms with Crippen molar-refractivity contribution in [3.05, 3.63) is 35.9 Å². The molecular formula is C11H11F3O. The van der Waals surface area contributed by atoms with Crippen molar-refractivity contribution >= 4 is 5.78 Å². The summed E-state index contributed by atoms with van der Waals surface area (Å²) in [4.78, 5) is 11.4. The number of ketones is 1. The molecule has 0 saturated heterocycles. The molecule has 0 spiro atoms. The van der Waals surface area contributed by atoms with Crippen molar-refractivity contribution in [3.63, 3.8) is 0 Å². The molecule has 1 atom stereocenters. The average Bonchev–Trinajstić information content (AvgIpc) is 2.17. The highest BCUT2D eigenvalue weighted by Gasteiger charge is 2.37.